The van der Waals surface area contributed by atoms with Crippen molar-refractivity contribution in [1.29, 1.82) is 0 Å². The molecule has 5 rings (SSSR count). The first-order valence-corrected chi connectivity index (χ1v) is 11.9. The molecule has 1 saturated carbocycles. The van der Waals surface area contributed by atoms with Gasteiger partial charge >= 0.3 is 0 Å². The van der Waals surface area contributed by atoms with Crippen molar-refractivity contribution >= 4 is 33.7 Å². The molecule has 2 aromatic carbocycles. The van der Waals surface area contributed by atoms with Crippen LogP contribution in [0.4, 0.5) is 0 Å². The number of amides is 3. The number of fused-ring (bicyclic) bond motifs is 2. The quantitative estimate of drug-likeness (QED) is 0.563. The molecule has 0 N–H and O–H groups in total. The predicted molar refractivity (Wildman–Crippen MR) is 121 cm³/mol. The second-order valence-electron chi connectivity index (χ2n) is 8.89. The van der Waals surface area contributed by atoms with Gasteiger partial charge in [-0.3, -0.25) is 19.3 Å². The molecular weight excluding hydrogens is 456 g/mol. The second-order valence-corrected chi connectivity index (χ2v) is 9.81. The van der Waals surface area contributed by atoms with Crippen molar-refractivity contribution in [3.8, 4) is 0 Å². The van der Waals surface area contributed by atoms with Gasteiger partial charge in [0.1, 0.15) is 0 Å². The maximum atomic E-state index is 13.3. The highest BCUT2D eigenvalue weighted by Crippen LogP contribution is 2.34. The number of hydrogen-bond acceptors (Lipinski definition) is 3. The minimum atomic E-state index is -0.249. The van der Waals surface area contributed by atoms with Crippen molar-refractivity contribution in [2.75, 3.05) is 6.54 Å². The lowest BCUT2D eigenvalue weighted by Crippen LogP contribution is -2.47. The van der Waals surface area contributed by atoms with E-state index in [1.807, 2.05) is 23.1 Å². The topological polar surface area (TPSA) is 57.7 Å². The Bertz CT molecular complexity index is 1030. The van der Waals surface area contributed by atoms with Crippen LogP contribution in [0.25, 0.3) is 0 Å². The third kappa shape index (κ3) is 3.71. The molecule has 2 aliphatic heterocycles. The molecule has 0 radical (unpaired) electrons. The van der Waals surface area contributed by atoms with E-state index in [-0.39, 0.29) is 30.3 Å². The summed E-state index contributed by atoms with van der Waals surface area (Å²) in [6.45, 7) is 0.776. The third-order valence-corrected chi connectivity index (χ3v) is 7.43. The van der Waals surface area contributed by atoms with Gasteiger partial charge in [0, 0.05) is 23.1 Å². The highest BCUT2D eigenvalue weighted by molar-refractivity contribution is 9.10. The van der Waals surface area contributed by atoms with E-state index < -0.39 is 0 Å². The summed E-state index contributed by atoms with van der Waals surface area (Å²) < 4.78 is 0.949. The van der Waals surface area contributed by atoms with Gasteiger partial charge in [-0.25, -0.2) is 0 Å². The van der Waals surface area contributed by atoms with Gasteiger partial charge in [0.05, 0.1) is 17.2 Å². The van der Waals surface area contributed by atoms with Gasteiger partial charge in [-0.15, -0.1) is 0 Å². The van der Waals surface area contributed by atoms with Crippen LogP contribution in [-0.2, 0) is 6.54 Å². The van der Waals surface area contributed by atoms with Gasteiger partial charge in [0.2, 0.25) is 0 Å². The maximum Gasteiger partial charge on any atom is 0.261 e. The number of benzene rings is 2. The van der Waals surface area contributed by atoms with Crippen LogP contribution in [0.15, 0.2) is 46.9 Å². The summed E-state index contributed by atoms with van der Waals surface area (Å²) in [6.07, 6.45) is 6.82. The Morgan fingerprint density at radius 3 is 2.23 bits per heavy atom. The standard InChI is InChI=1S/C25H25BrN2O3/c26-18-10-11-20-17(13-18)14-27(23(20)29)19(12-16-6-2-1-3-7-16)15-28-24(30)21-8-4-5-9-22(21)25(28)31/h4-5,8-11,13,16,19H,1-3,6-7,12,14-15H2. The molecule has 0 spiro atoms. The molecule has 2 heterocycles. The molecule has 1 fully saturated rings. The van der Waals surface area contributed by atoms with Crippen molar-refractivity contribution in [3.63, 3.8) is 0 Å². The van der Waals surface area contributed by atoms with Crippen molar-refractivity contribution < 1.29 is 14.4 Å². The SMILES string of the molecule is O=C1c2ccccc2C(=O)N1CC(CC1CCCCC1)N1Cc2cc(Br)ccc2C1=O. The van der Waals surface area contributed by atoms with Crippen LogP contribution < -0.4 is 0 Å². The van der Waals surface area contributed by atoms with Gasteiger partial charge in [0.15, 0.2) is 0 Å². The Balaban J connectivity index is 1.42. The third-order valence-electron chi connectivity index (χ3n) is 6.94. The highest BCUT2D eigenvalue weighted by Gasteiger charge is 2.40. The second kappa shape index (κ2) is 8.23. The van der Waals surface area contributed by atoms with Gasteiger partial charge in [-0.05, 0) is 48.2 Å². The maximum absolute atomic E-state index is 13.3. The van der Waals surface area contributed by atoms with E-state index in [2.05, 4.69) is 15.9 Å². The Kier molecular flexibility index (Phi) is 5.42. The molecule has 1 atom stereocenters. The Labute approximate surface area is 190 Å². The van der Waals surface area contributed by atoms with Crippen molar-refractivity contribution in [3.05, 3.63) is 69.2 Å². The molecule has 31 heavy (non-hydrogen) atoms. The predicted octanol–water partition coefficient (Wildman–Crippen LogP) is 5.04. The average Bonchev–Trinajstić information content (AvgIpc) is 3.23. The van der Waals surface area contributed by atoms with Crippen LogP contribution in [0.2, 0.25) is 0 Å². The van der Waals surface area contributed by atoms with E-state index in [1.165, 1.54) is 24.2 Å². The highest BCUT2D eigenvalue weighted by atomic mass is 79.9. The zero-order valence-electron chi connectivity index (χ0n) is 17.4. The first-order valence-electron chi connectivity index (χ1n) is 11.1. The number of carbonyl (C=O) groups is 3. The fraction of sp³-hybridized carbons (Fsp3) is 0.400. The average molecular weight is 481 g/mol. The molecular formula is C25H25BrN2O3. The molecule has 1 unspecified atom stereocenters. The van der Waals surface area contributed by atoms with E-state index in [9.17, 15) is 14.4 Å². The molecule has 5 nitrogen and oxygen atoms in total. The fourth-order valence-corrected chi connectivity index (χ4v) is 5.74. The molecule has 160 valence electrons. The lowest BCUT2D eigenvalue weighted by Gasteiger charge is -2.34. The fourth-order valence-electron chi connectivity index (χ4n) is 5.33. The number of carbonyl (C=O) groups excluding carboxylic acids is 3. The van der Waals surface area contributed by atoms with Crippen LogP contribution in [0.3, 0.4) is 0 Å². The first kappa shape index (κ1) is 20.4. The molecule has 2 aromatic rings. The van der Waals surface area contributed by atoms with Crippen LogP contribution >= 0.6 is 15.9 Å². The lowest BCUT2D eigenvalue weighted by molar-refractivity contribution is 0.0493. The minimum Gasteiger partial charge on any atom is -0.329 e. The van der Waals surface area contributed by atoms with E-state index in [0.717, 1.165) is 34.9 Å². The molecule has 0 bridgehead atoms. The molecule has 0 saturated heterocycles. The van der Waals surface area contributed by atoms with Crippen LogP contribution in [0, 0.1) is 5.92 Å². The molecule has 0 aromatic heterocycles. The van der Waals surface area contributed by atoms with Gasteiger partial charge in [-0.2, -0.15) is 0 Å². The summed E-state index contributed by atoms with van der Waals surface area (Å²) in [5.74, 6) is 0.0272. The summed E-state index contributed by atoms with van der Waals surface area (Å²) in [5.41, 5.74) is 2.64. The summed E-state index contributed by atoms with van der Waals surface area (Å²) in [4.78, 5) is 42.5. The van der Waals surface area contributed by atoms with E-state index in [0.29, 0.717) is 23.6 Å². The van der Waals surface area contributed by atoms with Crippen molar-refractivity contribution in [2.45, 2.75) is 51.1 Å². The summed E-state index contributed by atoms with van der Waals surface area (Å²) in [5, 5.41) is 0. The molecule has 3 aliphatic rings. The number of imide groups is 1. The van der Waals surface area contributed by atoms with Crippen LogP contribution in [0.1, 0.15) is 75.2 Å². The number of rotatable bonds is 5. The van der Waals surface area contributed by atoms with Crippen LogP contribution in [-0.4, -0.2) is 40.1 Å². The van der Waals surface area contributed by atoms with E-state index in [4.69, 9.17) is 0 Å². The zero-order chi connectivity index (χ0) is 21.5. The monoisotopic (exact) mass is 480 g/mol. The van der Waals surface area contributed by atoms with Crippen molar-refractivity contribution in [1.82, 2.24) is 9.80 Å². The van der Waals surface area contributed by atoms with Gasteiger partial charge in [-0.1, -0.05) is 60.2 Å². The van der Waals surface area contributed by atoms with Crippen molar-refractivity contribution in [2.24, 2.45) is 5.92 Å². The van der Waals surface area contributed by atoms with Gasteiger partial charge in [0.25, 0.3) is 17.7 Å². The van der Waals surface area contributed by atoms with E-state index in [1.54, 1.807) is 24.3 Å². The lowest BCUT2D eigenvalue weighted by atomic mass is 9.84. The Hall–Kier alpha value is -2.47. The first-order chi connectivity index (χ1) is 15.0. The van der Waals surface area contributed by atoms with Crippen LogP contribution in [0.5, 0.6) is 0 Å². The number of nitrogens with zero attached hydrogens (tertiary/aromatic N) is 2. The summed E-state index contributed by atoms with van der Waals surface area (Å²) >= 11 is 3.50. The normalized spacial score (nSPS) is 19.7. The van der Waals surface area contributed by atoms with Gasteiger partial charge < -0.3 is 4.90 Å². The Morgan fingerprint density at radius 1 is 0.871 bits per heavy atom. The molecule has 3 amide bonds. The number of halogens is 1. The smallest absolute Gasteiger partial charge is 0.261 e. The van der Waals surface area contributed by atoms with E-state index >= 15 is 0 Å². The minimum absolute atomic E-state index is 0.0000755. The molecule has 1 aliphatic carbocycles. The molecule has 6 heteroatoms. The summed E-state index contributed by atoms with van der Waals surface area (Å²) in [6, 6.07) is 12.6. The largest absolute Gasteiger partial charge is 0.329 e. The summed E-state index contributed by atoms with van der Waals surface area (Å²) in [7, 11) is 0. The Morgan fingerprint density at radius 2 is 1.55 bits per heavy atom. The number of hydrogen-bond donors (Lipinski definition) is 0. The zero-order valence-corrected chi connectivity index (χ0v) is 18.9.